The van der Waals surface area contributed by atoms with E-state index in [1.54, 1.807) is 26.3 Å². The second kappa shape index (κ2) is 6.43. The van der Waals surface area contributed by atoms with Crippen molar-refractivity contribution in [3.8, 4) is 5.75 Å². The molecule has 84 valence electrons. The van der Waals surface area contributed by atoms with Gasteiger partial charge in [-0.15, -0.1) is 12.4 Å². The number of hydrogen-bond acceptors (Lipinski definition) is 3. The average Bonchev–Trinajstić information content (AvgIpc) is 2.27. The number of ketones is 1. The molecule has 0 heterocycles. The van der Waals surface area contributed by atoms with Crippen LogP contribution in [0.4, 0.5) is 0 Å². The van der Waals surface area contributed by atoms with Crippen molar-refractivity contribution in [2.24, 2.45) is 0 Å². The fraction of sp³-hybridized carbons (Fsp3) is 0.364. The van der Waals surface area contributed by atoms with E-state index in [2.05, 4.69) is 5.32 Å². The number of likely N-dealkylation sites (N-methyl/N-ethyl adjacent to an activating group) is 1. The molecule has 15 heavy (non-hydrogen) atoms. The molecule has 1 N–H and O–H groups in total. The SMILES string of the molecule is CNC(C)C(=O)c1cccc(OC)c1.Cl. The first kappa shape index (κ1) is 13.9. The van der Waals surface area contributed by atoms with Gasteiger partial charge in [-0.25, -0.2) is 0 Å². The number of carbonyl (C=O) groups excluding carboxylic acids is 1. The number of nitrogens with one attached hydrogen (secondary N) is 1. The molecule has 0 bridgehead atoms. The van der Waals surface area contributed by atoms with Crippen molar-refractivity contribution in [1.29, 1.82) is 0 Å². The maximum Gasteiger partial charge on any atom is 0.179 e. The molecule has 0 aliphatic heterocycles. The Kier molecular flexibility index (Phi) is 5.97. The molecule has 4 heteroatoms. The number of Topliss-reactive ketones (excluding diaryl/α,β-unsaturated/α-hetero) is 1. The summed E-state index contributed by atoms with van der Waals surface area (Å²) in [6, 6.07) is 7.01. The Hall–Kier alpha value is -1.06. The molecule has 0 amide bonds. The van der Waals surface area contributed by atoms with E-state index in [9.17, 15) is 4.79 Å². The van der Waals surface area contributed by atoms with Crippen LogP contribution in [0.2, 0.25) is 0 Å². The van der Waals surface area contributed by atoms with Crippen LogP contribution in [0.5, 0.6) is 5.75 Å². The van der Waals surface area contributed by atoms with Crippen molar-refractivity contribution in [1.82, 2.24) is 5.32 Å². The van der Waals surface area contributed by atoms with Gasteiger partial charge in [-0.1, -0.05) is 12.1 Å². The van der Waals surface area contributed by atoms with Crippen LogP contribution in [0, 0.1) is 0 Å². The third kappa shape index (κ3) is 3.53. The summed E-state index contributed by atoms with van der Waals surface area (Å²) < 4.78 is 5.05. The number of methoxy groups -OCH3 is 1. The van der Waals surface area contributed by atoms with Crippen LogP contribution in [0.1, 0.15) is 17.3 Å². The largest absolute Gasteiger partial charge is 0.497 e. The van der Waals surface area contributed by atoms with E-state index in [1.165, 1.54) is 0 Å². The smallest absolute Gasteiger partial charge is 0.179 e. The monoisotopic (exact) mass is 229 g/mol. The van der Waals surface area contributed by atoms with E-state index < -0.39 is 0 Å². The summed E-state index contributed by atoms with van der Waals surface area (Å²) in [5, 5.41) is 2.91. The Labute approximate surface area is 96.2 Å². The van der Waals surface area contributed by atoms with Gasteiger partial charge in [0, 0.05) is 5.56 Å². The molecule has 3 nitrogen and oxygen atoms in total. The number of benzene rings is 1. The minimum absolute atomic E-state index is 0. The molecule has 1 unspecified atom stereocenters. The predicted octanol–water partition coefficient (Wildman–Crippen LogP) is 1.91. The molecule has 0 saturated carbocycles. The van der Waals surface area contributed by atoms with Crippen LogP contribution in [0.3, 0.4) is 0 Å². The molecule has 1 rings (SSSR count). The first-order chi connectivity index (χ1) is 6.69. The molecule has 0 radical (unpaired) electrons. The highest BCUT2D eigenvalue weighted by atomic mass is 35.5. The molecule has 1 atom stereocenters. The van der Waals surface area contributed by atoms with Gasteiger partial charge in [0.25, 0.3) is 0 Å². The van der Waals surface area contributed by atoms with E-state index in [1.807, 2.05) is 19.1 Å². The van der Waals surface area contributed by atoms with E-state index in [4.69, 9.17) is 4.74 Å². The van der Waals surface area contributed by atoms with E-state index in [-0.39, 0.29) is 24.2 Å². The van der Waals surface area contributed by atoms with Gasteiger partial charge < -0.3 is 10.1 Å². The molecule has 0 fully saturated rings. The summed E-state index contributed by atoms with van der Waals surface area (Å²) >= 11 is 0. The van der Waals surface area contributed by atoms with Crippen LogP contribution in [-0.4, -0.2) is 26.0 Å². The maximum atomic E-state index is 11.7. The average molecular weight is 230 g/mol. The zero-order valence-electron chi connectivity index (χ0n) is 9.11. The number of ether oxygens (including phenoxy) is 1. The van der Waals surface area contributed by atoms with Crippen LogP contribution in [-0.2, 0) is 0 Å². The van der Waals surface area contributed by atoms with Gasteiger partial charge in [0.2, 0.25) is 0 Å². The Morgan fingerprint density at radius 3 is 2.67 bits per heavy atom. The summed E-state index contributed by atoms with van der Waals surface area (Å²) in [6.45, 7) is 1.84. The van der Waals surface area contributed by atoms with Gasteiger partial charge in [0.15, 0.2) is 5.78 Å². The number of halogens is 1. The van der Waals surface area contributed by atoms with Gasteiger partial charge in [-0.05, 0) is 26.1 Å². The third-order valence-electron chi connectivity index (χ3n) is 2.18. The predicted molar refractivity (Wildman–Crippen MR) is 63.1 cm³/mol. The number of carbonyl (C=O) groups is 1. The van der Waals surface area contributed by atoms with Crippen LogP contribution in [0.25, 0.3) is 0 Å². The minimum atomic E-state index is -0.165. The highest BCUT2D eigenvalue weighted by Gasteiger charge is 2.12. The van der Waals surface area contributed by atoms with E-state index in [0.717, 1.165) is 0 Å². The normalized spacial score (nSPS) is 11.4. The zero-order chi connectivity index (χ0) is 10.6. The first-order valence-corrected chi connectivity index (χ1v) is 4.54. The lowest BCUT2D eigenvalue weighted by Gasteiger charge is -2.09. The van der Waals surface area contributed by atoms with Crippen molar-refractivity contribution in [3.63, 3.8) is 0 Å². The summed E-state index contributed by atoms with van der Waals surface area (Å²) in [6.07, 6.45) is 0. The Balaban J connectivity index is 0.00000196. The highest BCUT2D eigenvalue weighted by Crippen LogP contribution is 2.13. The topological polar surface area (TPSA) is 38.3 Å². The highest BCUT2D eigenvalue weighted by molar-refractivity contribution is 6.00. The molecule has 0 aliphatic rings. The number of hydrogen-bond donors (Lipinski definition) is 1. The Bertz CT molecular complexity index is 328. The molecule has 0 aliphatic carbocycles. The first-order valence-electron chi connectivity index (χ1n) is 4.54. The van der Waals surface area contributed by atoms with E-state index >= 15 is 0 Å². The summed E-state index contributed by atoms with van der Waals surface area (Å²) in [7, 11) is 3.35. The fourth-order valence-electron chi connectivity index (χ4n) is 1.16. The second-order valence-corrected chi connectivity index (χ2v) is 3.11. The molecular formula is C11H16ClNO2. The minimum Gasteiger partial charge on any atom is -0.497 e. The van der Waals surface area contributed by atoms with Crippen molar-refractivity contribution in [2.45, 2.75) is 13.0 Å². The molecular weight excluding hydrogens is 214 g/mol. The lowest BCUT2D eigenvalue weighted by Crippen LogP contribution is -2.30. The van der Waals surface area contributed by atoms with E-state index in [0.29, 0.717) is 11.3 Å². The molecule has 1 aromatic rings. The third-order valence-corrected chi connectivity index (χ3v) is 2.18. The molecule has 0 spiro atoms. The van der Waals surface area contributed by atoms with Gasteiger partial charge in [0.1, 0.15) is 5.75 Å². The number of rotatable bonds is 4. The van der Waals surface area contributed by atoms with Gasteiger partial charge in [-0.3, -0.25) is 4.79 Å². The van der Waals surface area contributed by atoms with Crippen LogP contribution >= 0.6 is 12.4 Å². The summed E-state index contributed by atoms with van der Waals surface area (Å²) in [5.41, 5.74) is 0.672. The lowest BCUT2D eigenvalue weighted by atomic mass is 10.1. The van der Waals surface area contributed by atoms with Crippen molar-refractivity contribution < 1.29 is 9.53 Å². The maximum absolute atomic E-state index is 11.7. The van der Waals surface area contributed by atoms with Gasteiger partial charge >= 0.3 is 0 Å². The Morgan fingerprint density at radius 2 is 2.13 bits per heavy atom. The van der Waals surface area contributed by atoms with Gasteiger partial charge in [-0.2, -0.15) is 0 Å². The lowest BCUT2D eigenvalue weighted by molar-refractivity contribution is 0.0954. The second-order valence-electron chi connectivity index (χ2n) is 3.11. The molecule has 0 saturated heterocycles. The van der Waals surface area contributed by atoms with Crippen LogP contribution in [0.15, 0.2) is 24.3 Å². The standard InChI is InChI=1S/C11H15NO2.ClH/c1-8(12-2)11(13)9-5-4-6-10(7-9)14-3;/h4-8,12H,1-3H3;1H. The quantitative estimate of drug-likeness (QED) is 0.802. The zero-order valence-corrected chi connectivity index (χ0v) is 9.93. The Morgan fingerprint density at radius 1 is 1.47 bits per heavy atom. The fourth-order valence-corrected chi connectivity index (χ4v) is 1.16. The molecule has 0 aromatic heterocycles. The summed E-state index contributed by atoms with van der Waals surface area (Å²) in [5.74, 6) is 0.783. The van der Waals surface area contributed by atoms with Crippen LogP contribution < -0.4 is 10.1 Å². The summed E-state index contributed by atoms with van der Waals surface area (Å²) in [4.78, 5) is 11.7. The van der Waals surface area contributed by atoms with Gasteiger partial charge in [0.05, 0.1) is 13.2 Å². The van der Waals surface area contributed by atoms with Crippen molar-refractivity contribution in [3.05, 3.63) is 29.8 Å². The van der Waals surface area contributed by atoms with Crippen molar-refractivity contribution in [2.75, 3.05) is 14.2 Å². The molecule has 1 aromatic carbocycles. The van der Waals surface area contributed by atoms with Crippen molar-refractivity contribution >= 4 is 18.2 Å².